The SMILES string of the molecule is CO[C@H](CNC(=O)[C@H]1C[C@@H]1C(=O)O)c1ccc(Cl)cc1. The third-order valence-corrected chi connectivity index (χ3v) is 3.68. The first-order chi connectivity index (χ1) is 9.52. The first kappa shape index (κ1) is 14.8. The van der Waals surface area contributed by atoms with Crippen molar-refractivity contribution in [3.63, 3.8) is 0 Å². The Hall–Kier alpha value is -1.59. The Kier molecular flexibility index (Phi) is 4.62. The largest absolute Gasteiger partial charge is 0.481 e. The van der Waals surface area contributed by atoms with Crippen molar-refractivity contribution in [2.75, 3.05) is 13.7 Å². The van der Waals surface area contributed by atoms with Crippen molar-refractivity contribution < 1.29 is 19.4 Å². The molecule has 2 rings (SSSR count). The molecule has 1 saturated carbocycles. The summed E-state index contributed by atoms with van der Waals surface area (Å²) in [6.45, 7) is 0.305. The van der Waals surface area contributed by atoms with E-state index in [0.29, 0.717) is 18.0 Å². The first-order valence-corrected chi connectivity index (χ1v) is 6.69. The van der Waals surface area contributed by atoms with Gasteiger partial charge in [0.1, 0.15) is 0 Å². The molecule has 0 heterocycles. The average molecular weight is 298 g/mol. The molecule has 1 aliphatic carbocycles. The van der Waals surface area contributed by atoms with Crippen LogP contribution in [0.4, 0.5) is 0 Å². The van der Waals surface area contributed by atoms with Gasteiger partial charge >= 0.3 is 5.97 Å². The molecule has 108 valence electrons. The third kappa shape index (κ3) is 3.49. The lowest BCUT2D eigenvalue weighted by Crippen LogP contribution is -2.31. The number of carboxylic acid groups (broad SMARTS) is 1. The maximum atomic E-state index is 11.8. The van der Waals surface area contributed by atoms with Crippen LogP contribution in [0.3, 0.4) is 0 Å². The molecule has 0 saturated heterocycles. The molecular weight excluding hydrogens is 282 g/mol. The number of aliphatic carboxylic acids is 1. The van der Waals surface area contributed by atoms with Crippen molar-refractivity contribution in [1.82, 2.24) is 5.32 Å². The second kappa shape index (κ2) is 6.24. The highest BCUT2D eigenvalue weighted by Gasteiger charge is 2.48. The number of ether oxygens (including phenoxy) is 1. The van der Waals surface area contributed by atoms with E-state index in [0.717, 1.165) is 5.56 Å². The van der Waals surface area contributed by atoms with Crippen LogP contribution in [0.5, 0.6) is 0 Å². The zero-order chi connectivity index (χ0) is 14.7. The molecule has 0 aliphatic heterocycles. The normalized spacial score (nSPS) is 22.1. The lowest BCUT2D eigenvalue weighted by molar-refractivity contribution is -0.140. The molecule has 0 radical (unpaired) electrons. The van der Waals surface area contributed by atoms with Crippen LogP contribution in [0.2, 0.25) is 5.02 Å². The highest BCUT2D eigenvalue weighted by Crippen LogP contribution is 2.38. The lowest BCUT2D eigenvalue weighted by Gasteiger charge is -2.16. The standard InChI is InChI=1S/C14H16ClNO4/c1-20-12(8-2-4-9(15)5-3-8)7-16-13(17)10-6-11(10)14(18)19/h2-5,10-12H,6-7H2,1H3,(H,16,17)(H,18,19)/t10-,11-,12+/m0/s1. The van der Waals surface area contributed by atoms with Crippen LogP contribution in [0.25, 0.3) is 0 Å². The average Bonchev–Trinajstić information content (AvgIpc) is 3.21. The van der Waals surface area contributed by atoms with E-state index in [4.69, 9.17) is 21.4 Å². The molecule has 2 N–H and O–H groups in total. The third-order valence-electron chi connectivity index (χ3n) is 3.43. The number of hydrogen-bond donors (Lipinski definition) is 2. The van der Waals surface area contributed by atoms with Crippen molar-refractivity contribution in [3.05, 3.63) is 34.9 Å². The number of rotatable bonds is 6. The molecule has 20 heavy (non-hydrogen) atoms. The van der Waals surface area contributed by atoms with Crippen LogP contribution >= 0.6 is 11.6 Å². The van der Waals surface area contributed by atoms with E-state index in [1.165, 1.54) is 0 Å². The maximum absolute atomic E-state index is 11.8. The van der Waals surface area contributed by atoms with Gasteiger partial charge in [-0.05, 0) is 24.1 Å². The Balaban J connectivity index is 1.87. The molecule has 0 bridgehead atoms. The Morgan fingerprint density at radius 1 is 1.40 bits per heavy atom. The van der Waals surface area contributed by atoms with Gasteiger partial charge in [0.25, 0.3) is 0 Å². The van der Waals surface area contributed by atoms with Crippen LogP contribution in [0.15, 0.2) is 24.3 Å². The minimum Gasteiger partial charge on any atom is -0.481 e. The monoisotopic (exact) mass is 297 g/mol. The van der Waals surface area contributed by atoms with Crippen molar-refractivity contribution in [1.29, 1.82) is 0 Å². The van der Waals surface area contributed by atoms with E-state index < -0.39 is 17.8 Å². The Bertz CT molecular complexity index is 502. The van der Waals surface area contributed by atoms with Gasteiger partial charge in [-0.1, -0.05) is 23.7 Å². The number of nitrogens with one attached hydrogen (secondary N) is 1. The number of carbonyl (C=O) groups is 2. The summed E-state index contributed by atoms with van der Waals surface area (Å²) in [7, 11) is 1.56. The molecule has 1 amide bonds. The minimum atomic E-state index is -0.911. The number of hydrogen-bond acceptors (Lipinski definition) is 3. The zero-order valence-electron chi connectivity index (χ0n) is 11.0. The molecule has 1 fully saturated rings. The van der Waals surface area contributed by atoms with Gasteiger partial charge in [0.05, 0.1) is 17.9 Å². The number of benzene rings is 1. The van der Waals surface area contributed by atoms with E-state index in [1.807, 2.05) is 12.1 Å². The van der Waals surface area contributed by atoms with E-state index >= 15 is 0 Å². The molecule has 6 heteroatoms. The quantitative estimate of drug-likeness (QED) is 0.840. The predicted octanol–water partition coefficient (Wildman–Crippen LogP) is 1.86. The summed E-state index contributed by atoms with van der Waals surface area (Å²) in [5.41, 5.74) is 0.905. The summed E-state index contributed by atoms with van der Waals surface area (Å²) in [5, 5.41) is 12.2. The summed E-state index contributed by atoms with van der Waals surface area (Å²) < 4.78 is 5.33. The molecular formula is C14H16ClNO4. The van der Waals surface area contributed by atoms with Gasteiger partial charge < -0.3 is 15.2 Å². The summed E-state index contributed by atoms with van der Waals surface area (Å²) in [5.74, 6) is -2.08. The molecule has 1 aliphatic rings. The van der Waals surface area contributed by atoms with Crippen LogP contribution in [-0.4, -0.2) is 30.6 Å². The predicted molar refractivity (Wildman–Crippen MR) is 73.4 cm³/mol. The van der Waals surface area contributed by atoms with E-state index in [-0.39, 0.29) is 12.0 Å². The summed E-state index contributed by atoms with van der Waals surface area (Å²) in [6, 6.07) is 7.18. The molecule has 5 nitrogen and oxygen atoms in total. The van der Waals surface area contributed by atoms with Gasteiger partial charge in [-0.3, -0.25) is 9.59 Å². The smallest absolute Gasteiger partial charge is 0.307 e. The van der Waals surface area contributed by atoms with Gasteiger partial charge in [0.15, 0.2) is 0 Å². The van der Waals surface area contributed by atoms with Gasteiger partial charge in [0, 0.05) is 18.7 Å². The summed E-state index contributed by atoms with van der Waals surface area (Å²) in [4.78, 5) is 22.5. The van der Waals surface area contributed by atoms with Crippen molar-refractivity contribution in [3.8, 4) is 0 Å². The van der Waals surface area contributed by atoms with Crippen LogP contribution in [0, 0.1) is 11.8 Å². The fourth-order valence-electron chi connectivity index (χ4n) is 2.10. The molecule has 3 atom stereocenters. The first-order valence-electron chi connectivity index (χ1n) is 6.31. The van der Waals surface area contributed by atoms with Crippen molar-refractivity contribution in [2.24, 2.45) is 11.8 Å². The highest BCUT2D eigenvalue weighted by molar-refractivity contribution is 6.30. The van der Waals surface area contributed by atoms with Gasteiger partial charge in [-0.15, -0.1) is 0 Å². The van der Waals surface area contributed by atoms with Gasteiger partial charge in [-0.25, -0.2) is 0 Å². The number of carbonyl (C=O) groups excluding carboxylic acids is 1. The Morgan fingerprint density at radius 2 is 2.05 bits per heavy atom. The maximum Gasteiger partial charge on any atom is 0.307 e. The molecule has 0 aromatic heterocycles. The second-order valence-corrected chi connectivity index (χ2v) is 5.24. The Labute approximate surface area is 121 Å². The number of methoxy groups -OCH3 is 1. The van der Waals surface area contributed by atoms with Crippen molar-refractivity contribution >= 4 is 23.5 Å². The fourth-order valence-corrected chi connectivity index (χ4v) is 2.22. The van der Waals surface area contributed by atoms with Crippen LogP contribution in [-0.2, 0) is 14.3 Å². The van der Waals surface area contributed by atoms with E-state index in [9.17, 15) is 9.59 Å². The lowest BCUT2D eigenvalue weighted by atomic mass is 10.1. The summed E-state index contributed by atoms with van der Waals surface area (Å²) in [6.07, 6.45) is 0.137. The number of amides is 1. The summed E-state index contributed by atoms with van der Waals surface area (Å²) >= 11 is 5.82. The van der Waals surface area contributed by atoms with Gasteiger partial charge in [-0.2, -0.15) is 0 Å². The van der Waals surface area contributed by atoms with Gasteiger partial charge in [0.2, 0.25) is 5.91 Å². The molecule has 0 spiro atoms. The number of halogens is 1. The molecule has 1 aromatic carbocycles. The number of carboxylic acids is 1. The molecule has 0 unspecified atom stereocenters. The van der Waals surface area contributed by atoms with Crippen molar-refractivity contribution in [2.45, 2.75) is 12.5 Å². The van der Waals surface area contributed by atoms with E-state index in [1.54, 1.807) is 19.2 Å². The minimum absolute atomic E-state index is 0.228. The zero-order valence-corrected chi connectivity index (χ0v) is 11.8. The topological polar surface area (TPSA) is 75.6 Å². The Morgan fingerprint density at radius 3 is 2.55 bits per heavy atom. The van der Waals surface area contributed by atoms with E-state index in [2.05, 4.69) is 5.32 Å². The highest BCUT2D eigenvalue weighted by atomic mass is 35.5. The van der Waals surface area contributed by atoms with Crippen LogP contribution in [0.1, 0.15) is 18.1 Å². The van der Waals surface area contributed by atoms with Crippen LogP contribution < -0.4 is 5.32 Å². The second-order valence-electron chi connectivity index (χ2n) is 4.81. The molecule has 1 aromatic rings. The fraction of sp³-hybridized carbons (Fsp3) is 0.429.